The van der Waals surface area contributed by atoms with Crippen molar-refractivity contribution in [2.24, 2.45) is 0 Å². The van der Waals surface area contributed by atoms with Crippen LogP contribution in [0.1, 0.15) is 19.8 Å². The molecule has 3 rings (SSSR count). The molecule has 0 saturated carbocycles. The Hall–Kier alpha value is -2.56. The average Bonchev–Trinajstić information content (AvgIpc) is 2.63. The molecule has 5 heteroatoms. The first-order valence-electron chi connectivity index (χ1n) is 8.28. The Morgan fingerprint density at radius 2 is 1.83 bits per heavy atom. The molecule has 2 aromatic heterocycles. The van der Waals surface area contributed by atoms with E-state index in [4.69, 9.17) is 4.74 Å². The van der Waals surface area contributed by atoms with Gasteiger partial charge in [0, 0.05) is 55.2 Å². The second-order valence-electron chi connectivity index (χ2n) is 6.08. The second-order valence-corrected chi connectivity index (χ2v) is 6.08. The number of hydrogen-bond donors (Lipinski definition) is 0. The highest BCUT2D eigenvalue weighted by molar-refractivity contribution is 5.61. The van der Waals surface area contributed by atoms with Gasteiger partial charge in [-0.1, -0.05) is 6.58 Å². The van der Waals surface area contributed by atoms with Crippen LogP contribution in [0.5, 0.6) is 5.75 Å². The predicted octanol–water partition coefficient (Wildman–Crippen LogP) is 3.49. The van der Waals surface area contributed by atoms with Crippen LogP contribution < -0.4 is 14.5 Å². The number of methoxy groups -OCH3 is 1. The molecule has 0 bridgehead atoms. The zero-order valence-electron chi connectivity index (χ0n) is 14.4. The SMILES string of the molecule is C=C(C)N(c1cnccc1OC)C1CCN(c2ccncc2)CC1. The average molecular weight is 324 g/mol. The number of ether oxygens (including phenoxy) is 1. The van der Waals surface area contributed by atoms with E-state index >= 15 is 0 Å². The maximum Gasteiger partial charge on any atom is 0.145 e. The van der Waals surface area contributed by atoms with E-state index in [2.05, 4.69) is 38.5 Å². The summed E-state index contributed by atoms with van der Waals surface area (Å²) in [5.74, 6) is 0.838. The summed E-state index contributed by atoms with van der Waals surface area (Å²) in [7, 11) is 1.70. The van der Waals surface area contributed by atoms with Gasteiger partial charge in [0.2, 0.25) is 0 Å². The fraction of sp³-hybridized carbons (Fsp3) is 0.368. The molecule has 0 unspecified atom stereocenters. The van der Waals surface area contributed by atoms with Crippen molar-refractivity contribution in [2.75, 3.05) is 30.0 Å². The van der Waals surface area contributed by atoms with E-state index < -0.39 is 0 Å². The summed E-state index contributed by atoms with van der Waals surface area (Å²) in [5, 5.41) is 0. The molecule has 1 saturated heterocycles. The van der Waals surface area contributed by atoms with Crippen LogP contribution in [-0.2, 0) is 0 Å². The Morgan fingerprint density at radius 3 is 2.46 bits per heavy atom. The van der Waals surface area contributed by atoms with Crippen LogP contribution in [0.15, 0.2) is 55.3 Å². The van der Waals surface area contributed by atoms with Crippen molar-refractivity contribution >= 4 is 11.4 Å². The van der Waals surface area contributed by atoms with Crippen molar-refractivity contribution in [1.29, 1.82) is 0 Å². The van der Waals surface area contributed by atoms with E-state index in [1.165, 1.54) is 5.69 Å². The molecule has 1 aliphatic heterocycles. The van der Waals surface area contributed by atoms with Gasteiger partial charge in [-0.15, -0.1) is 0 Å². The highest BCUT2D eigenvalue weighted by Crippen LogP contribution is 2.34. The quantitative estimate of drug-likeness (QED) is 0.842. The fourth-order valence-electron chi connectivity index (χ4n) is 3.38. The van der Waals surface area contributed by atoms with Crippen molar-refractivity contribution in [2.45, 2.75) is 25.8 Å². The number of pyridine rings is 2. The number of rotatable bonds is 5. The highest BCUT2D eigenvalue weighted by Gasteiger charge is 2.27. The Kier molecular flexibility index (Phi) is 4.99. The summed E-state index contributed by atoms with van der Waals surface area (Å²) in [6.07, 6.45) is 9.44. The molecule has 0 aromatic carbocycles. The minimum absolute atomic E-state index is 0.402. The van der Waals surface area contributed by atoms with E-state index in [1.54, 1.807) is 13.3 Å². The normalized spacial score (nSPS) is 15.2. The predicted molar refractivity (Wildman–Crippen MR) is 97.6 cm³/mol. The van der Waals surface area contributed by atoms with Gasteiger partial charge < -0.3 is 14.5 Å². The first-order chi connectivity index (χ1) is 11.7. The molecular weight excluding hydrogens is 300 g/mol. The van der Waals surface area contributed by atoms with Crippen LogP contribution in [0.3, 0.4) is 0 Å². The number of aromatic nitrogens is 2. The maximum atomic E-state index is 5.52. The van der Waals surface area contributed by atoms with Crippen LogP contribution >= 0.6 is 0 Å². The minimum Gasteiger partial charge on any atom is -0.494 e. The maximum absolute atomic E-state index is 5.52. The summed E-state index contributed by atoms with van der Waals surface area (Å²) >= 11 is 0. The van der Waals surface area contributed by atoms with Crippen molar-refractivity contribution < 1.29 is 4.74 Å². The lowest BCUT2D eigenvalue weighted by atomic mass is 10.0. The lowest BCUT2D eigenvalue weighted by Crippen LogP contribution is -2.44. The molecule has 0 radical (unpaired) electrons. The first kappa shape index (κ1) is 16.3. The molecule has 0 aliphatic carbocycles. The minimum atomic E-state index is 0.402. The number of allylic oxidation sites excluding steroid dienone is 1. The zero-order valence-corrected chi connectivity index (χ0v) is 14.4. The lowest BCUT2D eigenvalue weighted by molar-refractivity contribution is 0.409. The first-order valence-corrected chi connectivity index (χ1v) is 8.28. The summed E-state index contributed by atoms with van der Waals surface area (Å²) in [5.41, 5.74) is 3.25. The molecule has 5 nitrogen and oxygen atoms in total. The van der Waals surface area contributed by atoms with Gasteiger partial charge in [0.15, 0.2) is 0 Å². The van der Waals surface area contributed by atoms with Gasteiger partial charge in [-0.05, 0) is 31.9 Å². The third-order valence-electron chi connectivity index (χ3n) is 4.51. The van der Waals surface area contributed by atoms with Crippen LogP contribution in [0, 0.1) is 0 Å². The molecular formula is C19H24N4O. The Balaban J connectivity index is 1.76. The molecule has 0 atom stereocenters. The van der Waals surface area contributed by atoms with Crippen molar-refractivity contribution in [3.63, 3.8) is 0 Å². The molecule has 3 heterocycles. The van der Waals surface area contributed by atoms with Gasteiger partial charge in [0.25, 0.3) is 0 Å². The molecule has 0 N–H and O–H groups in total. The molecule has 24 heavy (non-hydrogen) atoms. The molecule has 0 spiro atoms. The van der Waals surface area contributed by atoms with Crippen LogP contribution in [-0.4, -0.2) is 36.2 Å². The fourth-order valence-corrected chi connectivity index (χ4v) is 3.38. The molecule has 1 fully saturated rings. The summed E-state index contributed by atoms with van der Waals surface area (Å²) in [6.45, 7) is 8.25. The third-order valence-corrected chi connectivity index (χ3v) is 4.51. The van der Waals surface area contributed by atoms with Gasteiger partial charge in [-0.2, -0.15) is 0 Å². The van der Waals surface area contributed by atoms with Crippen molar-refractivity contribution in [3.05, 3.63) is 55.3 Å². The van der Waals surface area contributed by atoms with E-state index in [1.807, 2.05) is 31.6 Å². The van der Waals surface area contributed by atoms with E-state index in [0.717, 1.165) is 43.1 Å². The standard InChI is InChI=1S/C19H24N4O/c1-15(2)23(18-14-21-11-6-19(18)24-3)17-7-12-22(13-8-17)16-4-9-20-10-5-16/h4-6,9-11,14,17H,1,7-8,12-13H2,2-3H3. The highest BCUT2D eigenvalue weighted by atomic mass is 16.5. The second kappa shape index (κ2) is 7.34. The number of anilines is 2. The molecule has 2 aromatic rings. The van der Waals surface area contributed by atoms with Crippen LogP contribution in [0.4, 0.5) is 11.4 Å². The van der Waals surface area contributed by atoms with Gasteiger partial charge in [0.1, 0.15) is 11.4 Å². The molecule has 126 valence electrons. The summed E-state index contributed by atoms with van der Waals surface area (Å²) < 4.78 is 5.52. The Morgan fingerprint density at radius 1 is 1.17 bits per heavy atom. The topological polar surface area (TPSA) is 41.5 Å². The van der Waals surface area contributed by atoms with Gasteiger partial charge in [-0.25, -0.2) is 0 Å². The Labute approximate surface area is 143 Å². The third kappa shape index (κ3) is 3.35. The van der Waals surface area contributed by atoms with Crippen LogP contribution in [0.25, 0.3) is 0 Å². The van der Waals surface area contributed by atoms with Crippen LogP contribution in [0.2, 0.25) is 0 Å². The van der Waals surface area contributed by atoms with E-state index in [0.29, 0.717) is 6.04 Å². The van der Waals surface area contributed by atoms with E-state index in [9.17, 15) is 0 Å². The molecule has 1 aliphatic rings. The Bertz CT molecular complexity index is 681. The monoisotopic (exact) mass is 324 g/mol. The van der Waals surface area contributed by atoms with Gasteiger partial charge in [0.05, 0.1) is 13.3 Å². The smallest absolute Gasteiger partial charge is 0.145 e. The van der Waals surface area contributed by atoms with Gasteiger partial charge in [-0.3, -0.25) is 9.97 Å². The molecule has 0 amide bonds. The summed E-state index contributed by atoms with van der Waals surface area (Å²) in [4.78, 5) is 13.1. The van der Waals surface area contributed by atoms with Crippen molar-refractivity contribution in [3.8, 4) is 5.75 Å². The number of hydrogen-bond acceptors (Lipinski definition) is 5. The largest absolute Gasteiger partial charge is 0.494 e. The summed E-state index contributed by atoms with van der Waals surface area (Å²) in [6, 6.07) is 6.44. The number of piperidine rings is 1. The van der Waals surface area contributed by atoms with Gasteiger partial charge >= 0.3 is 0 Å². The lowest BCUT2D eigenvalue weighted by Gasteiger charge is -2.40. The number of nitrogens with zero attached hydrogens (tertiary/aromatic N) is 4. The van der Waals surface area contributed by atoms with E-state index in [-0.39, 0.29) is 0 Å². The van der Waals surface area contributed by atoms with Crippen molar-refractivity contribution in [1.82, 2.24) is 9.97 Å². The zero-order chi connectivity index (χ0) is 16.9.